The van der Waals surface area contributed by atoms with Gasteiger partial charge in [0.05, 0.1) is 39.1 Å². The number of halogens is 2. The number of anilines is 2. The monoisotopic (exact) mass is 596 g/mol. The molecule has 0 spiro atoms. The molecule has 1 atom stereocenters. The standard InChI is InChI=1S/C25H32Cl2N6O2S.C2H6O/c1-7-9-28-18-12-15(26)11-16(19(18)27)20-21(36-22(33-20)25(3,4)5)17-8-10-29-23(32-17)30-13-14(2)31-24(34)35-6;1-2-3/h8,10-12,14,28H,7,9,13H2,1-6H3,(H,31,34)(H,29,30,32);3H,2H2,1H3/t14-;/m0./s1. The first-order chi connectivity index (χ1) is 18.4. The summed E-state index contributed by atoms with van der Waals surface area (Å²) in [6.07, 6.45) is 2.16. The fourth-order valence-corrected chi connectivity index (χ4v) is 4.86. The van der Waals surface area contributed by atoms with Gasteiger partial charge in [0, 0.05) is 47.9 Å². The number of rotatable bonds is 9. The molecule has 3 rings (SSSR count). The van der Waals surface area contributed by atoms with Crippen molar-refractivity contribution in [3.63, 3.8) is 0 Å². The Morgan fingerprint density at radius 3 is 2.49 bits per heavy atom. The van der Waals surface area contributed by atoms with Gasteiger partial charge < -0.3 is 25.8 Å². The summed E-state index contributed by atoms with van der Waals surface area (Å²) in [6.45, 7) is 13.4. The molecule has 3 aromatic rings. The molecule has 0 aliphatic rings. The smallest absolute Gasteiger partial charge is 0.407 e. The van der Waals surface area contributed by atoms with Crippen LogP contribution in [0.15, 0.2) is 24.4 Å². The summed E-state index contributed by atoms with van der Waals surface area (Å²) in [4.78, 5) is 26.4. The van der Waals surface area contributed by atoms with E-state index >= 15 is 0 Å². The number of carbonyl (C=O) groups is 1. The molecule has 0 aliphatic heterocycles. The van der Waals surface area contributed by atoms with Gasteiger partial charge in [0.25, 0.3) is 0 Å². The predicted molar refractivity (Wildman–Crippen MR) is 162 cm³/mol. The van der Waals surface area contributed by atoms with Crippen molar-refractivity contribution in [2.24, 2.45) is 0 Å². The molecular weight excluding hydrogens is 559 g/mol. The molecular formula is C27H38Cl2N6O3S. The molecule has 4 N–H and O–H groups in total. The zero-order valence-electron chi connectivity index (χ0n) is 23.5. The van der Waals surface area contributed by atoms with Crippen LogP contribution in [0.4, 0.5) is 16.4 Å². The minimum atomic E-state index is -0.492. The zero-order chi connectivity index (χ0) is 29.2. The number of aliphatic hydroxyl groups is 1. The average Bonchev–Trinajstić information content (AvgIpc) is 3.34. The number of hydrogen-bond donors (Lipinski definition) is 4. The highest BCUT2D eigenvalue weighted by molar-refractivity contribution is 7.15. The van der Waals surface area contributed by atoms with Crippen LogP contribution in [0.5, 0.6) is 0 Å². The van der Waals surface area contributed by atoms with Gasteiger partial charge in [-0.1, -0.05) is 50.9 Å². The van der Waals surface area contributed by atoms with Gasteiger partial charge in [-0.3, -0.25) is 0 Å². The Balaban J connectivity index is 0.00000170. The molecule has 0 unspecified atom stereocenters. The maximum atomic E-state index is 11.4. The Hall–Kier alpha value is -2.66. The number of alkyl carbamates (subject to hydrolysis) is 1. The molecule has 214 valence electrons. The van der Waals surface area contributed by atoms with E-state index in [0.29, 0.717) is 28.2 Å². The zero-order valence-corrected chi connectivity index (χ0v) is 25.8. The number of aromatic nitrogens is 3. The van der Waals surface area contributed by atoms with E-state index < -0.39 is 6.09 Å². The quantitative estimate of drug-likeness (QED) is 0.211. The van der Waals surface area contributed by atoms with Crippen LogP contribution in [0.1, 0.15) is 53.0 Å². The number of hydrogen-bond acceptors (Lipinski definition) is 9. The van der Waals surface area contributed by atoms with Crippen molar-refractivity contribution in [1.82, 2.24) is 20.3 Å². The lowest BCUT2D eigenvalue weighted by molar-refractivity contribution is 0.168. The third-order valence-corrected chi connectivity index (χ3v) is 7.26. The van der Waals surface area contributed by atoms with Crippen molar-refractivity contribution in [3.05, 3.63) is 39.4 Å². The summed E-state index contributed by atoms with van der Waals surface area (Å²) in [5.74, 6) is 0.435. The number of carbonyl (C=O) groups excluding carboxylic acids is 1. The second-order valence-corrected chi connectivity index (χ2v) is 11.5. The van der Waals surface area contributed by atoms with E-state index in [1.807, 2.05) is 25.1 Å². The van der Waals surface area contributed by atoms with Crippen molar-refractivity contribution in [2.45, 2.75) is 59.4 Å². The van der Waals surface area contributed by atoms with E-state index in [0.717, 1.165) is 39.8 Å². The number of aliphatic hydroxyl groups excluding tert-OH is 1. The first kappa shape index (κ1) is 32.6. The highest BCUT2D eigenvalue weighted by Gasteiger charge is 2.26. The number of thiazole rings is 1. The van der Waals surface area contributed by atoms with E-state index in [9.17, 15) is 4.79 Å². The Bertz CT molecular complexity index is 1230. The first-order valence-corrected chi connectivity index (χ1v) is 14.3. The maximum absolute atomic E-state index is 11.4. The third kappa shape index (κ3) is 9.49. The first-order valence-electron chi connectivity index (χ1n) is 12.7. The van der Waals surface area contributed by atoms with E-state index in [1.54, 1.807) is 24.5 Å². The molecule has 0 saturated heterocycles. The SMILES string of the molecule is CCCNc1cc(Cl)cc(-c2nc(C(C)(C)C)sc2-c2ccnc(NC[C@H](C)NC(=O)OC)n2)c1Cl.CCO. The number of nitrogens with zero attached hydrogens (tertiary/aromatic N) is 3. The summed E-state index contributed by atoms with van der Waals surface area (Å²) in [5.41, 5.74) is 2.78. The summed E-state index contributed by atoms with van der Waals surface area (Å²) >= 11 is 14.9. The Morgan fingerprint density at radius 1 is 1.18 bits per heavy atom. The van der Waals surface area contributed by atoms with Gasteiger partial charge in [0.15, 0.2) is 0 Å². The van der Waals surface area contributed by atoms with E-state index in [4.69, 9.17) is 38.3 Å². The van der Waals surface area contributed by atoms with Crippen LogP contribution >= 0.6 is 34.5 Å². The topological polar surface area (TPSA) is 121 Å². The van der Waals surface area contributed by atoms with Gasteiger partial charge in [0.2, 0.25) is 5.95 Å². The van der Waals surface area contributed by atoms with Crippen LogP contribution in [0.3, 0.4) is 0 Å². The van der Waals surface area contributed by atoms with Crippen molar-refractivity contribution in [3.8, 4) is 21.8 Å². The predicted octanol–water partition coefficient (Wildman–Crippen LogP) is 6.85. The third-order valence-electron chi connectivity index (χ3n) is 5.13. The summed E-state index contributed by atoms with van der Waals surface area (Å²) in [7, 11) is 1.33. The minimum absolute atomic E-state index is 0.172. The molecule has 2 aromatic heterocycles. The summed E-state index contributed by atoms with van der Waals surface area (Å²) in [6, 6.07) is 5.33. The van der Waals surface area contributed by atoms with Crippen molar-refractivity contribution >= 4 is 52.3 Å². The lowest BCUT2D eigenvalue weighted by Crippen LogP contribution is -2.37. The van der Waals surface area contributed by atoms with Gasteiger partial charge in [-0.25, -0.2) is 19.7 Å². The fourth-order valence-electron chi connectivity index (χ4n) is 3.27. The number of methoxy groups -OCH3 is 1. The van der Waals surface area contributed by atoms with Gasteiger partial charge >= 0.3 is 6.09 Å². The van der Waals surface area contributed by atoms with Crippen LogP contribution in [0.25, 0.3) is 21.8 Å². The van der Waals surface area contributed by atoms with Crippen molar-refractivity contribution in [2.75, 3.05) is 37.4 Å². The molecule has 0 aliphatic carbocycles. The molecule has 0 saturated carbocycles. The van der Waals surface area contributed by atoms with Gasteiger partial charge in [-0.2, -0.15) is 0 Å². The van der Waals surface area contributed by atoms with Crippen molar-refractivity contribution < 1.29 is 14.6 Å². The molecule has 9 nitrogen and oxygen atoms in total. The van der Waals surface area contributed by atoms with Crippen LogP contribution in [0, 0.1) is 0 Å². The molecule has 0 bridgehead atoms. The molecule has 39 heavy (non-hydrogen) atoms. The number of benzene rings is 1. The minimum Gasteiger partial charge on any atom is -0.453 e. The van der Waals surface area contributed by atoms with Gasteiger partial charge in [-0.05, 0) is 38.5 Å². The average molecular weight is 598 g/mol. The Morgan fingerprint density at radius 2 is 1.87 bits per heavy atom. The fraction of sp³-hybridized carbons (Fsp3) is 0.481. The molecule has 2 heterocycles. The maximum Gasteiger partial charge on any atom is 0.407 e. The van der Waals surface area contributed by atoms with Crippen LogP contribution in [-0.2, 0) is 10.2 Å². The highest BCUT2D eigenvalue weighted by Crippen LogP contribution is 2.44. The molecule has 12 heteroatoms. The lowest BCUT2D eigenvalue weighted by atomic mass is 9.98. The van der Waals surface area contributed by atoms with E-state index in [1.165, 1.54) is 7.11 Å². The van der Waals surface area contributed by atoms with Crippen LogP contribution in [0.2, 0.25) is 10.0 Å². The second-order valence-electron chi connectivity index (χ2n) is 9.69. The Kier molecular flexibility index (Phi) is 12.7. The van der Waals surface area contributed by atoms with Crippen LogP contribution in [-0.4, -0.2) is 59.0 Å². The summed E-state index contributed by atoms with van der Waals surface area (Å²) in [5, 5.41) is 18.9. The summed E-state index contributed by atoms with van der Waals surface area (Å²) < 4.78 is 4.64. The molecule has 1 amide bonds. The number of ether oxygens (including phenoxy) is 1. The van der Waals surface area contributed by atoms with Gasteiger partial charge in [0.1, 0.15) is 0 Å². The normalized spacial score (nSPS) is 11.7. The van der Waals surface area contributed by atoms with Crippen molar-refractivity contribution in [1.29, 1.82) is 0 Å². The van der Waals surface area contributed by atoms with E-state index in [2.05, 4.69) is 53.4 Å². The number of amides is 1. The molecule has 1 aromatic carbocycles. The lowest BCUT2D eigenvalue weighted by Gasteiger charge is -2.14. The largest absolute Gasteiger partial charge is 0.453 e. The Labute approximate surface area is 244 Å². The molecule has 0 radical (unpaired) electrons. The highest BCUT2D eigenvalue weighted by atomic mass is 35.5. The second kappa shape index (κ2) is 15.2. The van der Waals surface area contributed by atoms with Gasteiger partial charge in [-0.15, -0.1) is 11.3 Å². The van der Waals surface area contributed by atoms with Crippen LogP contribution < -0.4 is 16.0 Å². The molecule has 0 fully saturated rings. The van der Waals surface area contributed by atoms with E-state index in [-0.39, 0.29) is 18.1 Å². The number of nitrogens with one attached hydrogen (secondary N) is 3.